The van der Waals surface area contributed by atoms with Gasteiger partial charge in [-0.25, -0.2) is 0 Å². The second-order valence-electron chi connectivity index (χ2n) is 4.09. The molecule has 0 spiro atoms. The Labute approximate surface area is 90.0 Å². The van der Waals surface area contributed by atoms with Gasteiger partial charge >= 0.3 is 0 Å². The molecule has 0 saturated carbocycles. The largest absolute Gasteiger partial charge is 0.357 e. The normalized spacial score (nSPS) is 27.1. The fourth-order valence-corrected chi connectivity index (χ4v) is 1.76. The maximum atomic E-state index is 11.8. The molecule has 1 heterocycles. The molecule has 2 amide bonds. The Morgan fingerprint density at radius 3 is 2.53 bits per heavy atom. The van der Waals surface area contributed by atoms with E-state index in [9.17, 15) is 9.59 Å². The van der Waals surface area contributed by atoms with Crippen molar-refractivity contribution in [3.8, 4) is 0 Å². The summed E-state index contributed by atoms with van der Waals surface area (Å²) in [5.41, 5.74) is 0. The molecule has 3 unspecified atom stereocenters. The van der Waals surface area contributed by atoms with Crippen LogP contribution in [0.15, 0.2) is 0 Å². The van der Waals surface area contributed by atoms with Crippen LogP contribution in [-0.2, 0) is 9.59 Å². The molecule has 86 valence electrons. The van der Waals surface area contributed by atoms with Gasteiger partial charge in [-0.3, -0.25) is 9.59 Å². The fourth-order valence-electron chi connectivity index (χ4n) is 1.76. The van der Waals surface area contributed by atoms with Crippen molar-refractivity contribution in [1.82, 2.24) is 16.0 Å². The molecule has 1 fully saturated rings. The Balaban J connectivity index is 2.44. The van der Waals surface area contributed by atoms with Crippen molar-refractivity contribution in [2.24, 2.45) is 11.8 Å². The van der Waals surface area contributed by atoms with Crippen LogP contribution in [-0.4, -0.2) is 38.0 Å². The zero-order valence-electron chi connectivity index (χ0n) is 9.46. The maximum Gasteiger partial charge on any atom is 0.242 e. The van der Waals surface area contributed by atoms with Gasteiger partial charge in [0.25, 0.3) is 0 Å². The summed E-state index contributed by atoms with van der Waals surface area (Å²) in [5.74, 6) is 0.115. The molecule has 3 atom stereocenters. The maximum absolute atomic E-state index is 11.8. The third-order valence-electron chi connectivity index (χ3n) is 2.85. The first-order valence-electron chi connectivity index (χ1n) is 5.29. The van der Waals surface area contributed by atoms with E-state index >= 15 is 0 Å². The van der Waals surface area contributed by atoms with Crippen molar-refractivity contribution in [1.29, 1.82) is 0 Å². The molecule has 0 radical (unpaired) electrons. The number of hydrogen-bond acceptors (Lipinski definition) is 3. The molecule has 0 aromatic carbocycles. The highest BCUT2D eigenvalue weighted by Crippen LogP contribution is 2.15. The SMILES string of the molecule is CNC(=O)C(C)NC(=O)C1CNCC1C. The van der Waals surface area contributed by atoms with Gasteiger partial charge in [0.05, 0.1) is 5.92 Å². The number of carbonyl (C=O) groups is 2. The van der Waals surface area contributed by atoms with Gasteiger partial charge in [-0.05, 0) is 19.4 Å². The van der Waals surface area contributed by atoms with Crippen LogP contribution in [0.4, 0.5) is 0 Å². The van der Waals surface area contributed by atoms with E-state index in [1.807, 2.05) is 6.92 Å². The summed E-state index contributed by atoms with van der Waals surface area (Å²) in [6.45, 7) is 5.29. The van der Waals surface area contributed by atoms with Crippen LogP contribution in [0.5, 0.6) is 0 Å². The molecule has 0 aromatic heterocycles. The number of carbonyl (C=O) groups excluding carboxylic acids is 2. The Kier molecular flexibility index (Phi) is 4.08. The lowest BCUT2D eigenvalue weighted by atomic mass is 9.97. The topological polar surface area (TPSA) is 70.2 Å². The molecule has 1 aliphatic rings. The van der Waals surface area contributed by atoms with Gasteiger partial charge in [-0.2, -0.15) is 0 Å². The van der Waals surface area contributed by atoms with E-state index in [1.165, 1.54) is 0 Å². The van der Waals surface area contributed by atoms with Gasteiger partial charge < -0.3 is 16.0 Å². The first kappa shape index (κ1) is 12.0. The fraction of sp³-hybridized carbons (Fsp3) is 0.800. The highest BCUT2D eigenvalue weighted by Gasteiger charge is 2.30. The molecule has 0 aromatic rings. The third kappa shape index (κ3) is 2.92. The molecule has 0 aliphatic carbocycles. The van der Waals surface area contributed by atoms with Gasteiger partial charge in [0.15, 0.2) is 0 Å². The Bertz CT molecular complexity index is 255. The second kappa shape index (κ2) is 5.11. The Morgan fingerprint density at radius 2 is 2.07 bits per heavy atom. The van der Waals surface area contributed by atoms with Crippen LogP contribution < -0.4 is 16.0 Å². The van der Waals surface area contributed by atoms with Gasteiger partial charge in [-0.15, -0.1) is 0 Å². The van der Waals surface area contributed by atoms with Crippen molar-refractivity contribution >= 4 is 11.8 Å². The highest BCUT2D eigenvalue weighted by molar-refractivity contribution is 5.88. The molecule has 5 nitrogen and oxygen atoms in total. The predicted octanol–water partition coefficient (Wildman–Crippen LogP) is -0.907. The number of rotatable bonds is 3. The lowest BCUT2D eigenvalue weighted by Gasteiger charge is -2.17. The number of amides is 2. The second-order valence-corrected chi connectivity index (χ2v) is 4.09. The molecule has 1 aliphatic heterocycles. The number of nitrogens with one attached hydrogen (secondary N) is 3. The monoisotopic (exact) mass is 213 g/mol. The summed E-state index contributed by atoms with van der Waals surface area (Å²) in [5, 5.41) is 8.37. The quantitative estimate of drug-likeness (QED) is 0.568. The minimum atomic E-state index is -0.463. The predicted molar refractivity (Wildman–Crippen MR) is 57.2 cm³/mol. The van der Waals surface area contributed by atoms with Crippen LogP contribution in [0.25, 0.3) is 0 Å². The van der Waals surface area contributed by atoms with E-state index in [2.05, 4.69) is 16.0 Å². The van der Waals surface area contributed by atoms with Crippen LogP contribution in [0.2, 0.25) is 0 Å². The lowest BCUT2D eigenvalue weighted by molar-refractivity contribution is -0.130. The van der Waals surface area contributed by atoms with E-state index in [0.29, 0.717) is 12.5 Å². The standard InChI is InChI=1S/C10H19N3O2/c1-6-4-12-5-8(6)10(15)13-7(2)9(14)11-3/h6-8,12H,4-5H2,1-3H3,(H,11,14)(H,13,15). The summed E-state index contributed by atoms with van der Waals surface area (Å²) in [7, 11) is 1.56. The minimum absolute atomic E-state index is 0.0166. The van der Waals surface area contributed by atoms with E-state index in [1.54, 1.807) is 14.0 Å². The number of likely N-dealkylation sites (N-methyl/N-ethyl adjacent to an activating group) is 1. The molecular weight excluding hydrogens is 194 g/mol. The van der Waals surface area contributed by atoms with Gasteiger partial charge in [0.1, 0.15) is 6.04 Å². The number of hydrogen-bond donors (Lipinski definition) is 3. The summed E-state index contributed by atoms with van der Waals surface area (Å²) in [6, 6.07) is -0.463. The van der Waals surface area contributed by atoms with Crippen molar-refractivity contribution in [2.75, 3.05) is 20.1 Å². The first-order chi connectivity index (χ1) is 7.06. The summed E-state index contributed by atoms with van der Waals surface area (Å²) >= 11 is 0. The molecule has 1 rings (SSSR count). The minimum Gasteiger partial charge on any atom is -0.357 e. The van der Waals surface area contributed by atoms with E-state index in [4.69, 9.17) is 0 Å². The molecule has 0 bridgehead atoms. The first-order valence-corrected chi connectivity index (χ1v) is 5.29. The molecule has 5 heteroatoms. The van der Waals surface area contributed by atoms with Crippen LogP contribution in [0.3, 0.4) is 0 Å². The van der Waals surface area contributed by atoms with Crippen LogP contribution in [0, 0.1) is 11.8 Å². The summed E-state index contributed by atoms with van der Waals surface area (Å²) in [4.78, 5) is 23.0. The summed E-state index contributed by atoms with van der Waals surface area (Å²) < 4.78 is 0. The molecular formula is C10H19N3O2. The summed E-state index contributed by atoms with van der Waals surface area (Å²) in [6.07, 6.45) is 0. The molecule has 15 heavy (non-hydrogen) atoms. The third-order valence-corrected chi connectivity index (χ3v) is 2.85. The van der Waals surface area contributed by atoms with E-state index < -0.39 is 6.04 Å². The van der Waals surface area contributed by atoms with Crippen molar-refractivity contribution in [3.63, 3.8) is 0 Å². The molecule has 1 saturated heterocycles. The van der Waals surface area contributed by atoms with Crippen LogP contribution in [0.1, 0.15) is 13.8 Å². The van der Waals surface area contributed by atoms with E-state index in [-0.39, 0.29) is 17.7 Å². The highest BCUT2D eigenvalue weighted by atomic mass is 16.2. The van der Waals surface area contributed by atoms with Crippen molar-refractivity contribution < 1.29 is 9.59 Å². The average molecular weight is 213 g/mol. The average Bonchev–Trinajstić information content (AvgIpc) is 2.63. The lowest BCUT2D eigenvalue weighted by Crippen LogP contribution is -2.46. The van der Waals surface area contributed by atoms with Crippen LogP contribution >= 0.6 is 0 Å². The zero-order chi connectivity index (χ0) is 11.4. The Morgan fingerprint density at radius 1 is 1.40 bits per heavy atom. The van der Waals surface area contributed by atoms with E-state index in [0.717, 1.165) is 6.54 Å². The van der Waals surface area contributed by atoms with Crippen molar-refractivity contribution in [3.05, 3.63) is 0 Å². The van der Waals surface area contributed by atoms with Gasteiger partial charge in [-0.1, -0.05) is 6.92 Å². The van der Waals surface area contributed by atoms with Gasteiger partial charge in [0, 0.05) is 13.6 Å². The zero-order valence-corrected chi connectivity index (χ0v) is 9.46. The van der Waals surface area contributed by atoms with Crippen molar-refractivity contribution in [2.45, 2.75) is 19.9 Å². The Hall–Kier alpha value is -1.10. The van der Waals surface area contributed by atoms with Gasteiger partial charge in [0.2, 0.25) is 11.8 Å². The smallest absolute Gasteiger partial charge is 0.242 e. The molecule has 3 N–H and O–H groups in total.